The fourth-order valence-electron chi connectivity index (χ4n) is 5.16. The summed E-state index contributed by atoms with van der Waals surface area (Å²) in [6.07, 6.45) is 3.51. The molecule has 4 heterocycles. The molecule has 5 rings (SSSR count). The zero-order valence-corrected chi connectivity index (χ0v) is 23.1. The van der Waals surface area contributed by atoms with Crippen molar-refractivity contribution < 1.29 is 23.1 Å². The van der Waals surface area contributed by atoms with Gasteiger partial charge in [0, 0.05) is 36.2 Å². The number of carbonyl (C=O) groups is 2. The highest BCUT2D eigenvalue weighted by Crippen LogP contribution is 2.39. The van der Waals surface area contributed by atoms with Crippen LogP contribution in [0.15, 0.2) is 53.6 Å². The van der Waals surface area contributed by atoms with Crippen molar-refractivity contribution in [3.8, 4) is 10.4 Å². The number of sulfonamides is 1. The van der Waals surface area contributed by atoms with Crippen LogP contribution in [0, 0.1) is 6.92 Å². The first-order valence-electron chi connectivity index (χ1n) is 12.6. The van der Waals surface area contributed by atoms with Crippen molar-refractivity contribution in [2.45, 2.75) is 50.6 Å². The van der Waals surface area contributed by atoms with Gasteiger partial charge in [-0.2, -0.15) is 4.31 Å². The fraction of sp³-hybridized carbons (Fsp3) is 0.370. The quantitative estimate of drug-likeness (QED) is 0.485. The number of aryl methyl sites for hydroxylation is 1. The second-order valence-electron chi connectivity index (χ2n) is 9.94. The van der Waals surface area contributed by atoms with E-state index in [2.05, 4.69) is 16.8 Å². The zero-order valence-electron chi connectivity index (χ0n) is 21.5. The molecular weight excluding hydrogens is 524 g/mol. The fourth-order valence-corrected chi connectivity index (χ4v) is 7.57. The lowest BCUT2D eigenvalue weighted by Gasteiger charge is -2.38. The minimum Gasteiger partial charge on any atom is -0.477 e. The highest BCUT2D eigenvalue weighted by Gasteiger charge is 2.39. The molecule has 2 aromatic heterocycles. The Kier molecular flexibility index (Phi) is 7.01. The normalized spacial score (nSPS) is 20.8. The average molecular weight is 555 g/mol. The van der Waals surface area contributed by atoms with E-state index in [4.69, 9.17) is 0 Å². The predicted octanol–water partition coefficient (Wildman–Crippen LogP) is 4.23. The third-order valence-electron chi connectivity index (χ3n) is 7.20. The number of pyridine rings is 1. The molecule has 1 aromatic carbocycles. The summed E-state index contributed by atoms with van der Waals surface area (Å²) in [5.74, 6) is -0.860. The van der Waals surface area contributed by atoms with Crippen molar-refractivity contribution in [1.29, 1.82) is 0 Å². The number of piperazine rings is 1. The first-order valence-corrected chi connectivity index (χ1v) is 14.8. The number of hydrogen-bond acceptors (Lipinski definition) is 7. The van der Waals surface area contributed by atoms with Gasteiger partial charge in [-0.1, -0.05) is 29.8 Å². The molecule has 0 radical (unpaired) electrons. The summed E-state index contributed by atoms with van der Waals surface area (Å²) in [7, 11) is -3.96. The summed E-state index contributed by atoms with van der Waals surface area (Å²) >= 11 is 1.10. The number of aromatic nitrogens is 1. The molecule has 2 saturated heterocycles. The number of carbonyl (C=O) groups excluding carboxylic acids is 1. The summed E-state index contributed by atoms with van der Waals surface area (Å²) in [4.78, 5) is 34.2. The van der Waals surface area contributed by atoms with E-state index >= 15 is 0 Å². The van der Waals surface area contributed by atoms with E-state index in [1.807, 2.05) is 31.2 Å². The number of amides is 1. The highest BCUT2D eigenvalue weighted by atomic mass is 32.2. The van der Waals surface area contributed by atoms with Crippen LogP contribution >= 0.6 is 11.3 Å². The first-order chi connectivity index (χ1) is 18.1. The number of carboxylic acid groups (broad SMARTS) is 1. The highest BCUT2D eigenvalue weighted by molar-refractivity contribution is 7.89. The number of nitrogens with zero attached hydrogens (tertiary/aromatic N) is 4. The Morgan fingerprint density at radius 3 is 2.42 bits per heavy atom. The Bertz CT molecular complexity index is 1470. The van der Waals surface area contributed by atoms with E-state index in [1.165, 1.54) is 11.1 Å². The lowest BCUT2D eigenvalue weighted by Crippen LogP contribution is -2.57. The molecule has 11 heteroatoms. The summed E-state index contributed by atoms with van der Waals surface area (Å²) in [6.45, 7) is 6.36. The maximum absolute atomic E-state index is 13.4. The molecular formula is C27H30N4O5S2. The lowest BCUT2D eigenvalue weighted by molar-refractivity contribution is -0.120. The third-order valence-corrected chi connectivity index (χ3v) is 10.2. The molecule has 9 nitrogen and oxygen atoms in total. The Labute approximate surface area is 226 Å². The van der Waals surface area contributed by atoms with Gasteiger partial charge in [0.1, 0.15) is 15.6 Å². The second-order valence-corrected chi connectivity index (χ2v) is 12.9. The number of hydrogen-bond donors (Lipinski definition) is 1. The van der Waals surface area contributed by atoms with E-state index in [0.717, 1.165) is 56.9 Å². The third kappa shape index (κ3) is 4.81. The van der Waals surface area contributed by atoms with Crippen molar-refractivity contribution >= 4 is 44.7 Å². The molecule has 2 fully saturated rings. The molecule has 0 saturated carbocycles. The van der Waals surface area contributed by atoms with Gasteiger partial charge in [-0.05, 0) is 57.4 Å². The van der Waals surface area contributed by atoms with Gasteiger partial charge in [0.15, 0.2) is 0 Å². The van der Waals surface area contributed by atoms with Gasteiger partial charge >= 0.3 is 5.97 Å². The molecule has 0 aliphatic carbocycles. The maximum Gasteiger partial charge on any atom is 0.348 e. The van der Waals surface area contributed by atoms with Crippen molar-refractivity contribution in [2.24, 2.45) is 0 Å². The SMILES string of the molecule is Cc1ccc(-c2cc(N3C(=O)CN(S(=O)(=O)c4ccc(N5CCCC5C)nc4)CC3C)c(C(=O)O)s2)cc1. The topological polar surface area (TPSA) is 111 Å². The predicted molar refractivity (Wildman–Crippen MR) is 147 cm³/mol. The van der Waals surface area contributed by atoms with Crippen LogP contribution in [0.1, 0.15) is 41.9 Å². The molecule has 3 aromatic rings. The molecule has 0 spiro atoms. The van der Waals surface area contributed by atoms with Crippen LogP contribution in [0.3, 0.4) is 0 Å². The molecule has 2 unspecified atom stereocenters. The standard InChI is InChI=1S/C27H30N4O5S2/c1-17-6-8-20(9-7-17)23-13-22(26(37-23)27(33)34)31-19(3)15-29(16-25(31)32)38(35,36)21-10-11-24(28-14-21)30-12-4-5-18(30)2/h6-11,13-14,18-19H,4-5,12,15-16H2,1-3H3,(H,33,34). The molecule has 38 heavy (non-hydrogen) atoms. The van der Waals surface area contributed by atoms with E-state index < -0.39 is 27.9 Å². The average Bonchev–Trinajstić information content (AvgIpc) is 3.51. The number of benzene rings is 1. The van der Waals surface area contributed by atoms with E-state index in [0.29, 0.717) is 11.7 Å². The maximum atomic E-state index is 13.4. The van der Waals surface area contributed by atoms with Crippen LogP contribution in [0.2, 0.25) is 0 Å². The number of thiophene rings is 1. The van der Waals surface area contributed by atoms with Crippen LogP contribution < -0.4 is 9.80 Å². The van der Waals surface area contributed by atoms with Gasteiger partial charge in [-0.15, -0.1) is 11.3 Å². The Morgan fingerprint density at radius 1 is 1.11 bits per heavy atom. The van der Waals surface area contributed by atoms with Gasteiger partial charge in [0.2, 0.25) is 15.9 Å². The Balaban J connectivity index is 1.39. The minimum absolute atomic E-state index is 0.0324. The first kappa shape index (κ1) is 26.3. The Hall–Kier alpha value is -3.28. The van der Waals surface area contributed by atoms with Gasteiger partial charge in [0.25, 0.3) is 0 Å². The summed E-state index contributed by atoms with van der Waals surface area (Å²) in [5.41, 5.74) is 2.23. The molecule has 2 atom stereocenters. The molecule has 1 amide bonds. The summed E-state index contributed by atoms with van der Waals surface area (Å²) in [6, 6.07) is 12.5. The van der Waals surface area contributed by atoms with Crippen molar-refractivity contribution in [2.75, 3.05) is 29.4 Å². The molecule has 0 bridgehead atoms. The Morgan fingerprint density at radius 2 is 1.84 bits per heavy atom. The minimum atomic E-state index is -3.96. The van der Waals surface area contributed by atoms with Crippen LogP contribution in [-0.2, 0) is 14.8 Å². The number of anilines is 2. The smallest absolute Gasteiger partial charge is 0.348 e. The van der Waals surface area contributed by atoms with E-state index in [-0.39, 0.29) is 22.9 Å². The van der Waals surface area contributed by atoms with Gasteiger partial charge in [0.05, 0.1) is 12.2 Å². The number of carboxylic acids is 1. The zero-order chi connectivity index (χ0) is 27.2. The second kappa shape index (κ2) is 10.1. The van der Waals surface area contributed by atoms with E-state index in [1.54, 1.807) is 25.1 Å². The molecule has 200 valence electrons. The summed E-state index contributed by atoms with van der Waals surface area (Å²) < 4.78 is 28.0. The monoisotopic (exact) mass is 554 g/mol. The van der Waals surface area contributed by atoms with Crippen molar-refractivity contribution in [3.63, 3.8) is 0 Å². The van der Waals surface area contributed by atoms with Crippen LogP contribution in [-0.4, -0.2) is 66.4 Å². The van der Waals surface area contributed by atoms with Gasteiger partial charge in [-0.25, -0.2) is 18.2 Å². The van der Waals surface area contributed by atoms with Gasteiger partial charge < -0.3 is 14.9 Å². The lowest BCUT2D eigenvalue weighted by atomic mass is 10.1. The van der Waals surface area contributed by atoms with Gasteiger partial charge in [-0.3, -0.25) is 4.79 Å². The van der Waals surface area contributed by atoms with Crippen molar-refractivity contribution in [1.82, 2.24) is 9.29 Å². The van der Waals surface area contributed by atoms with E-state index in [9.17, 15) is 23.1 Å². The van der Waals surface area contributed by atoms with Crippen LogP contribution in [0.25, 0.3) is 10.4 Å². The number of rotatable bonds is 6. The largest absolute Gasteiger partial charge is 0.477 e. The molecule has 2 aliphatic rings. The number of aromatic carboxylic acids is 1. The van der Waals surface area contributed by atoms with Crippen molar-refractivity contribution in [3.05, 3.63) is 59.1 Å². The van der Waals surface area contributed by atoms with Crippen LogP contribution in [0.4, 0.5) is 11.5 Å². The molecule has 2 aliphatic heterocycles. The molecule has 1 N–H and O–H groups in total. The summed E-state index contributed by atoms with van der Waals surface area (Å²) in [5, 5.41) is 9.88. The van der Waals surface area contributed by atoms with Crippen LogP contribution in [0.5, 0.6) is 0 Å².